The molecule has 7 nitrogen and oxygen atoms in total. The minimum Gasteiger partial charge on any atom is -0.370 e. The first kappa shape index (κ1) is 18.5. The molecule has 0 saturated carbocycles. The maximum atomic E-state index is 13.1. The highest BCUT2D eigenvalue weighted by molar-refractivity contribution is 6.08. The fourth-order valence-corrected chi connectivity index (χ4v) is 3.77. The van der Waals surface area contributed by atoms with Gasteiger partial charge in [0, 0.05) is 18.5 Å². The van der Waals surface area contributed by atoms with E-state index in [0.29, 0.717) is 0 Å². The summed E-state index contributed by atoms with van der Waals surface area (Å²) in [5.41, 5.74) is 6.59. The number of benzene rings is 1. The number of hydroxylamine groups is 2. The SMILES string of the molecule is Cc1cccc(C2C3C(=O)N(C(C)(C)C)C(=O)C3ON2CCC(N)=O)c1. The Kier molecular flexibility index (Phi) is 4.62. The topological polar surface area (TPSA) is 92.9 Å². The Hall–Kier alpha value is -2.25. The minimum absolute atomic E-state index is 0.0904. The normalized spacial score (nSPS) is 26.5. The summed E-state index contributed by atoms with van der Waals surface area (Å²) in [4.78, 5) is 44.3. The van der Waals surface area contributed by atoms with Crippen molar-refractivity contribution in [2.24, 2.45) is 11.7 Å². The van der Waals surface area contributed by atoms with E-state index < -0.39 is 29.5 Å². The number of fused-ring (bicyclic) bond motifs is 1. The molecule has 3 atom stereocenters. The molecule has 7 heteroatoms. The molecule has 3 rings (SSSR count). The van der Waals surface area contributed by atoms with Crippen molar-refractivity contribution < 1.29 is 19.2 Å². The van der Waals surface area contributed by atoms with Crippen LogP contribution in [0, 0.1) is 12.8 Å². The van der Waals surface area contributed by atoms with Crippen LogP contribution in [0.5, 0.6) is 0 Å². The third-order valence-electron chi connectivity index (χ3n) is 4.83. The van der Waals surface area contributed by atoms with E-state index in [0.717, 1.165) is 11.1 Å². The Balaban J connectivity index is 1.99. The number of aryl methyl sites for hydroxylation is 1. The van der Waals surface area contributed by atoms with Gasteiger partial charge in [-0.2, -0.15) is 5.06 Å². The second kappa shape index (κ2) is 6.48. The first-order valence-electron chi connectivity index (χ1n) is 8.77. The van der Waals surface area contributed by atoms with Crippen molar-refractivity contribution in [3.05, 3.63) is 35.4 Å². The van der Waals surface area contributed by atoms with Crippen LogP contribution in [-0.2, 0) is 19.2 Å². The maximum Gasteiger partial charge on any atom is 0.261 e. The molecule has 2 N–H and O–H groups in total. The number of imide groups is 1. The molecule has 2 fully saturated rings. The highest BCUT2D eigenvalue weighted by atomic mass is 16.7. The lowest BCUT2D eigenvalue weighted by atomic mass is 9.90. The zero-order valence-corrected chi connectivity index (χ0v) is 15.6. The molecule has 2 aliphatic rings. The average molecular weight is 359 g/mol. The number of rotatable bonds is 4. The molecule has 3 amide bonds. The Bertz CT molecular complexity index is 755. The molecule has 3 unspecified atom stereocenters. The van der Waals surface area contributed by atoms with Gasteiger partial charge in [0.15, 0.2) is 6.10 Å². The minimum atomic E-state index is -0.861. The predicted molar refractivity (Wildman–Crippen MR) is 94.4 cm³/mol. The van der Waals surface area contributed by atoms with Crippen molar-refractivity contribution >= 4 is 17.7 Å². The van der Waals surface area contributed by atoms with Crippen LogP contribution in [0.15, 0.2) is 24.3 Å². The van der Waals surface area contributed by atoms with E-state index in [1.54, 1.807) is 5.06 Å². The quantitative estimate of drug-likeness (QED) is 0.818. The summed E-state index contributed by atoms with van der Waals surface area (Å²) >= 11 is 0. The van der Waals surface area contributed by atoms with Crippen molar-refractivity contribution in [1.82, 2.24) is 9.96 Å². The molecule has 1 aromatic rings. The maximum absolute atomic E-state index is 13.1. The summed E-state index contributed by atoms with van der Waals surface area (Å²) < 4.78 is 0. The number of amides is 3. The molecule has 0 aliphatic carbocycles. The third-order valence-corrected chi connectivity index (χ3v) is 4.83. The monoisotopic (exact) mass is 359 g/mol. The first-order chi connectivity index (χ1) is 12.1. The van der Waals surface area contributed by atoms with Crippen molar-refractivity contribution in [1.29, 1.82) is 0 Å². The highest BCUT2D eigenvalue weighted by Gasteiger charge is 2.61. The van der Waals surface area contributed by atoms with Gasteiger partial charge >= 0.3 is 0 Å². The van der Waals surface area contributed by atoms with E-state index in [4.69, 9.17) is 10.6 Å². The molecule has 2 aliphatic heterocycles. The van der Waals surface area contributed by atoms with E-state index in [1.807, 2.05) is 52.0 Å². The van der Waals surface area contributed by atoms with Gasteiger partial charge in [0.25, 0.3) is 5.91 Å². The van der Waals surface area contributed by atoms with E-state index in [1.165, 1.54) is 4.90 Å². The number of likely N-dealkylation sites (tertiary alicyclic amines) is 1. The Morgan fingerprint density at radius 2 is 1.92 bits per heavy atom. The summed E-state index contributed by atoms with van der Waals surface area (Å²) in [5.74, 6) is -1.65. The number of primary amides is 1. The van der Waals surface area contributed by atoms with Gasteiger partial charge in [0.2, 0.25) is 11.8 Å². The van der Waals surface area contributed by atoms with Crippen LogP contribution in [0.1, 0.15) is 44.4 Å². The molecule has 2 heterocycles. The second-order valence-corrected chi connectivity index (χ2v) is 7.95. The standard InChI is InChI=1S/C19H25N3O4/c1-11-6-5-7-12(10-11)15-14-16(26-21(15)9-8-13(20)23)18(25)22(17(14)24)19(2,3)4/h5-7,10,14-16H,8-9H2,1-4H3,(H2,20,23). The predicted octanol–water partition coefficient (Wildman–Crippen LogP) is 1.31. The highest BCUT2D eigenvalue weighted by Crippen LogP contribution is 2.46. The molecule has 0 aromatic heterocycles. The lowest BCUT2D eigenvalue weighted by molar-refractivity contribution is -0.182. The first-order valence-corrected chi connectivity index (χ1v) is 8.77. The average Bonchev–Trinajstić information content (AvgIpc) is 3.01. The number of nitrogens with zero attached hydrogens (tertiary/aromatic N) is 2. The van der Waals surface area contributed by atoms with Gasteiger partial charge in [0.1, 0.15) is 0 Å². The number of hydrogen-bond acceptors (Lipinski definition) is 5. The summed E-state index contributed by atoms with van der Waals surface area (Å²) in [6.45, 7) is 7.69. The number of nitrogens with two attached hydrogens (primary N) is 1. The smallest absolute Gasteiger partial charge is 0.261 e. The molecule has 26 heavy (non-hydrogen) atoms. The molecular formula is C19H25N3O4. The lowest BCUT2D eigenvalue weighted by Gasteiger charge is -2.33. The van der Waals surface area contributed by atoms with Gasteiger partial charge in [-0.1, -0.05) is 29.8 Å². The van der Waals surface area contributed by atoms with Crippen LogP contribution in [-0.4, -0.2) is 45.9 Å². The number of carbonyl (C=O) groups excluding carboxylic acids is 3. The van der Waals surface area contributed by atoms with Crippen LogP contribution in [0.25, 0.3) is 0 Å². The van der Waals surface area contributed by atoms with E-state index in [9.17, 15) is 14.4 Å². The van der Waals surface area contributed by atoms with Gasteiger partial charge in [0.05, 0.1) is 12.0 Å². The fraction of sp³-hybridized carbons (Fsp3) is 0.526. The molecular weight excluding hydrogens is 334 g/mol. The van der Waals surface area contributed by atoms with Crippen LogP contribution >= 0.6 is 0 Å². The Morgan fingerprint density at radius 1 is 1.23 bits per heavy atom. The van der Waals surface area contributed by atoms with E-state index in [2.05, 4.69) is 0 Å². The van der Waals surface area contributed by atoms with Crippen molar-refractivity contribution in [2.45, 2.75) is 51.8 Å². The van der Waals surface area contributed by atoms with Gasteiger partial charge in [-0.05, 0) is 33.3 Å². The molecule has 140 valence electrons. The van der Waals surface area contributed by atoms with Gasteiger partial charge in [-0.3, -0.25) is 24.1 Å². The molecule has 0 spiro atoms. The van der Waals surface area contributed by atoms with Gasteiger partial charge in [-0.15, -0.1) is 0 Å². The Labute approximate surface area is 153 Å². The molecule has 0 bridgehead atoms. The van der Waals surface area contributed by atoms with Gasteiger partial charge in [-0.25, -0.2) is 0 Å². The molecule has 2 saturated heterocycles. The van der Waals surface area contributed by atoms with Crippen LogP contribution in [0.4, 0.5) is 0 Å². The van der Waals surface area contributed by atoms with Crippen LogP contribution in [0.2, 0.25) is 0 Å². The molecule has 1 aromatic carbocycles. The second-order valence-electron chi connectivity index (χ2n) is 7.95. The number of carbonyl (C=O) groups is 3. The van der Waals surface area contributed by atoms with Crippen LogP contribution in [0.3, 0.4) is 0 Å². The Morgan fingerprint density at radius 3 is 2.50 bits per heavy atom. The summed E-state index contributed by atoms with van der Waals surface area (Å²) in [5, 5.41) is 1.57. The fourth-order valence-electron chi connectivity index (χ4n) is 3.77. The third kappa shape index (κ3) is 3.12. The van der Waals surface area contributed by atoms with Crippen molar-refractivity contribution in [3.8, 4) is 0 Å². The van der Waals surface area contributed by atoms with E-state index >= 15 is 0 Å². The summed E-state index contributed by atoms with van der Waals surface area (Å²) in [6, 6.07) is 7.34. The lowest BCUT2D eigenvalue weighted by Crippen LogP contribution is -2.48. The summed E-state index contributed by atoms with van der Waals surface area (Å²) in [7, 11) is 0. The largest absolute Gasteiger partial charge is 0.370 e. The van der Waals surface area contributed by atoms with Crippen molar-refractivity contribution in [2.75, 3.05) is 6.54 Å². The zero-order chi connectivity index (χ0) is 19.2. The molecule has 0 radical (unpaired) electrons. The van der Waals surface area contributed by atoms with Gasteiger partial charge < -0.3 is 5.73 Å². The van der Waals surface area contributed by atoms with Crippen LogP contribution < -0.4 is 5.73 Å². The van der Waals surface area contributed by atoms with Crippen molar-refractivity contribution in [3.63, 3.8) is 0 Å². The number of hydrogen-bond donors (Lipinski definition) is 1. The van der Waals surface area contributed by atoms with E-state index in [-0.39, 0.29) is 24.8 Å². The summed E-state index contributed by atoms with van der Waals surface area (Å²) in [6.07, 6.45) is -0.771. The zero-order valence-electron chi connectivity index (χ0n) is 15.6.